The minimum atomic E-state index is -3.49. The average molecular weight is 292 g/mol. The predicted molar refractivity (Wildman–Crippen MR) is 69.1 cm³/mol. The summed E-state index contributed by atoms with van der Waals surface area (Å²) in [7, 11) is -2.17. The second-order valence-corrected chi connectivity index (χ2v) is 6.88. The van der Waals surface area contributed by atoms with Crippen molar-refractivity contribution in [2.75, 3.05) is 19.8 Å². The van der Waals surface area contributed by atoms with Crippen LogP contribution in [0.3, 0.4) is 0 Å². The van der Waals surface area contributed by atoms with E-state index in [1.807, 2.05) is 0 Å². The molecule has 1 rings (SSSR count). The number of nitrogens with zero attached hydrogens (tertiary/aromatic N) is 2. The monoisotopic (exact) mass is 292 g/mol. The molecule has 19 heavy (non-hydrogen) atoms. The molecule has 0 aromatic heterocycles. The minimum Gasteiger partial charge on any atom is -0.480 e. The smallest absolute Gasteiger partial charge is 0.326 e. The SMILES string of the molecule is CC(C(=O)N1CCCCC1C(=O)O)N(C)S(C)(=O)=O. The van der Waals surface area contributed by atoms with E-state index in [-0.39, 0.29) is 0 Å². The number of aliphatic carboxylic acids is 1. The van der Waals surface area contributed by atoms with Crippen molar-refractivity contribution >= 4 is 21.9 Å². The molecule has 1 N–H and O–H groups in total. The maximum Gasteiger partial charge on any atom is 0.326 e. The van der Waals surface area contributed by atoms with Crippen molar-refractivity contribution in [2.45, 2.75) is 38.3 Å². The third kappa shape index (κ3) is 3.66. The summed E-state index contributed by atoms with van der Waals surface area (Å²) in [5, 5.41) is 9.11. The van der Waals surface area contributed by atoms with Gasteiger partial charge in [0.05, 0.1) is 6.26 Å². The summed E-state index contributed by atoms with van der Waals surface area (Å²) in [6, 6.07) is -1.74. The van der Waals surface area contributed by atoms with E-state index in [0.29, 0.717) is 13.0 Å². The quantitative estimate of drug-likeness (QED) is 0.769. The van der Waals surface area contributed by atoms with Gasteiger partial charge >= 0.3 is 5.97 Å². The van der Waals surface area contributed by atoms with Crippen molar-refractivity contribution in [1.29, 1.82) is 0 Å². The second kappa shape index (κ2) is 5.87. The Labute approximate surface area is 113 Å². The highest BCUT2D eigenvalue weighted by Crippen LogP contribution is 2.19. The Hall–Kier alpha value is -1.15. The highest BCUT2D eigenvalue weighted by molar-refractivity contribution is 7.88. The highest BCUT2D eigenvalue weighted by atomic mass is 32.2. The van der Waals surface area contributed by atoms with Crippen LogP contribution in [0.25, 0.3) is 0 Å². The zero-order valence-electron chi connectivity index (χ0n) is 11.4. The molecule has 7 nitrogen and oxygen atoms in total. The van der Waals surface area contributed by atoms with Crippen LogP contribution >= 0.6 is 0 Å². The molecular formula is C11H20N2O5S. The number of piperidine rings is 1. The molecule has 0 spiro atoms. The van der Waals surface area contributed by atoms with Crippen LogP contribution in [0.2, 0.25) is 0 Å². The third-order valence-electron chi connectivity index (χ3n) is 3.50. The maximum atomic E-state index is 12.3. The molecule has 1 aliphatic rings. The van der Waals surface area contributed by atoms with Crippen LogP contribution in [-0.2, 0) is 19.6 Å². The lowest BCUT2D eigenvalue weighted by atomic mass is 10.0. The van der Waals surface area contributed by atoms with E-state index in [1.54, 1.807) is 0 Å². The molecule has 0 aromatic carbocycles. The molecule has 1 heterocycles. The largest absolute Gasteiger partial charge is 0.480 e. The molecule has 0 aliphatic carbocycles. The molecule has 0 aromatic rings. The van der Waals surface area contributed by atoms with E-state index in [2.05, 4.69) is 0 Å². The zero-order chi connectivity index (χ0) is 14.8. The van der Waals surface area contributed by atoms with Crippen LogP contribution in [0.5, 0.6) is 0 Å². The maximum absolute atomic E-state index is 12.3. The first-order chi connectivity index (χ1) is 8.66. The summed E-state index contributed by atoms with van der Waals surface area (Å²) in [4.78, 5) is 24.7. The topological polar surface area (TPSA) is 95.0 Å². The van der Waals surface area contributed by atoms with Crippen LogP contribution in [0.1, 0.15) is 26.2 Å². The third-order valence-corrected chi connectivity index (χ3v) is 4.86. The predicted octanol–water partition coefficient (Wildman–Crippen LogP) is -0.268. The molecule has 8 heteroatoms. The molecule has 2 unspecified atom stereocenters. The summed E-state index contributed by atoms with van der Waals surface area (Å²) >= 11 is 0. The first-order valence-corrected chi connectivity index (χ1v) is 7.97. The van der Waals surface area contributed by atoms with Gasteiger partial charge in [-0.05, 0) is 26.2 Å². The molecular weight excluding hydrogens is 272 g/mol. The number of carboxylic acid groups (broad SMARTS) is 1. The van der Waals surface area contributed by atoms with Gasteiger partial charge in [-0.25, -0.2) is 13.2 Å². The number of sulfonamides is 1. The van der Waals surface area contributed by atoms with Gasteiger partial charge in [0.1, 0.15) is 12.1 Å². The van der Waals surface area contributed by atoms with E-state index < -0.39 is 34.0 Å². The number of carboxylic acids is 1. The lowest BCUT2D eigenvalue weighted by Gasteiger charge is -2.36. The molecule has 0 bridgehead atoms. The van der Waals surface area contributed by atoms with Crippen LogP contribution < -0.4 is 0 Å². The van der Waals surface area contributed by atoms with Gasteiger partial charge in [-0.1, -0.05) is 0 Å². The summed E-state index contributed by atoms with van der Waals surface area (Å²) < 4.78 is 23.8. The van der Waals surface area contributed by atoms with Gasteiger partial charge in [0.2, 0.25) is 15.9 Å². The van der Waals surface area contributed by atoms with E-state index in [4.69, 9.17) is 5.11 Å². The van der Waals surface area contributed by atoms with Crippen LogP contribution in [0.4, 0.5) is 0 Å². The number of amides is 1. The van der Waals surface area contributed by atoms with Gasteiger partial charge in [-0.3, -0.25) is 4.79 Å². The number of carbonyl (C=O) groups excluding carboxylic acids is 1. The minimum absolute atomic E-state index is 0.359. The molecule has 1 aliphatic heterocycles. The summed E-state index contributed by atoms with van der Waals surface area (Å²) in [5.41, 5.74) is 0. The Morgan fingerprint density at radius 2 is 1.95 bits per heavy atom. The fourth-order valence-electron chi connectivity index (χ4n) is 2.13. The first kappa shape index (κ1) is 15.9. The van der Waals surface area contributed by atoms with Crippen molar-refractivity contribution in [3.63, 3.8) is 0 Å². The molecule has 2 atom stereocenters. The number of carbonyl (C=O) groups is 2. The van der Waals surface area contributed by atoms with E-state index in [0.717, 1.165) is 23.4 Å². The standard InChI is InChI=1S/C11H20N2O5S/c1-8(12(2)19(3,17)18)10(14)13-7-5-4-6-9(13)11(15)16/h8-9H,4-7H2,1-3H3,(H,15,16). The summed E-state index contributed by atoms with van der Waals surface area (Å²) in [6.07, 6.45) is 2.93. The van der Waals surface area contributed by atoms with Gasteiger partial charge in [-0.2, -0.15) is 4.31 Å². The van der Waals surface area contributed by atoms with Crippen LogP contribution in [0.15, 0.2) is 0 Å². The van der Waals surface area contributed by atoms with E-state index in [1.165, 1.54) is 18.9 Å². The van der Waals surface area contributed by atoms with E-state index >= 15 is 0 Å². The van der Waals surface area contributed by atoms with Gasteiger partial charge in [0.15, 0.2) is 0 Å². The fraction of sp³-hybridized carbons (Fsp3) is 0.818. The average Bonchev–Trinajstić information content (AvgIpc) is 2.34. The first-order valence-electron chi connectivity index (χ1n) is 6.12. The molecule has 1 amide bonds. The van der Waals surface area contributed by atoms with Gasteiger partial charge in [0.25, 0.3) is 0 Å². The highest BCUT2D eigenvalue weighted by Gasteiger charge is 2.36. The Balaban J connectivity index is 2.88. The molecule has 1 fully saturated rings. The van der Waals surface area contributed by atoms with Gasteiger partial charge in [-0.15, -0.1) is 0 Å². The zero-order valence-corrected chi connectivity index (χ0v) is 12.2. The molecule has 1 saturated heterocycles. The number of hydrogen-bond acceptors (Lipinski definition) is 4. The second-order valence-electron chi connectivity index (χ2n) is 4.84. The number of hydrogen-bond donors (Lipinski definition) is 1. The van der Waals surface area contributed by atoms with Crippen molar-refractivity contribution in [3.05, 3.63) is 0 Å². The number of rotatable bonds is 4. The summed E-state index contributed by atoms with van der Waals surface area (Å²) in [5.74, 6) is -1.50. The fourth-order valence-corrected chi connectivity index (χ4v) is 2.80. The van der Waals surface area contributed by atoms with Crippen molar-refractivity contribution in [2.24, 2.45) is 0 Å². The Bertz CT molecular complexity index is 462. The Morgan fingerprint density at radius 1 is 1.37 bits per heavy atom. The van der Waals surface area contributed by atoms with Crippen LogP contribution in [-0.4, -0.2) is 66.5 Å². The van der Waals surface area contributed by atoms with E-state index in [9.17, 15) is 18.0 Å². The van der Waals surface area contributed by atoms with Gasteiger partial charge < -0.3 is 10.0 Å². The van der Waals surface area contributed by atoms with Gasteiger partial charge in [0, 0.05) is 13.6 Å². The lowest BCUT2D eigenvalue weighted by molar-refractivity contribution is -0.153. The van der Waals surface area contributed by atoms with Crippen molar-refractivity contribution in [3.8, 4) is 0 Å². The Morgan fingerprint density at radius 3 is 2.42 bits per heavy atom. The molecule has 0 radical (unpaired) electrons. The normalized spacial score (nSPS) is 22.3. The Kier molecular flexibility index (Phi) is 4.92. The van der Waals surface area contributed by atoms with Crippen molar-refractivity contribution < 1.29 is 23.1 Å². The molecule has 110 valence electrons. The lowest BCUT2D eigenvalue weighted by Crippen LogP contribution is -2.54. The number of likely N-dealkylation sites (tertiary alicyclic amines) is 1. The van der Waals surface area contributed by atoms with Crippen LogP contribution in [0, 0.1) is 0 Å². The molecule has 0 saturated carbocycles. The summed E-state index contributed by atoms with van der Waals surface area (Å²) in [6.45, 7) is 1.83. The van der Waals surface area contributed by atoms with Crippen molar-refractivity contribution in [1.82, 2.24) is 9.21 Å². The number of likely N-dealkylation sites (N-methyl/N-ethyl adjacent to an activating group) is 1.